The van der Waals surface area contributed by atoms with Gasteiger partial charge in [0.15, 0.2) is 5.82 Å². The number of aryl methyl sites for hydroxylation is 1. The molecule has 0 N–H and O–H groups in total. The summed E-state index contributed by atoms with van der Waals surface area (Å²) in [5, 5.41) is 0. The lowest BCUT2D eigenvalue weighted by Crippen LogP contribution is -2.26. The first-order valence-corrected chi connectivity index (χ1v) is 7.25. The van der Waals surface area contributed by atoms with Gasteiger partial charge < -0.3 is 9.30 Å². The van der Waals surface area contributed by atoms with Gasteiger partial charge >= 0.3 is 0 Å². The molecule has 0 unspecified atom stereocenters. The molecule has 1 aliphatic carbocycles. The molecule has 2 aromatic heterocycles. The van der Waals surface area contributed by atoms with Crippen LogP contribution >= 0.6 is 0 Å². The molecule has 21 heavy (non-hydrogen) atoms. The van der Waals surface area contributed by atoms with Crippen LogP contribution in [0.25, 0.3) is 0 Å². The monoisotopic (exact) mass is 287 g/mol. The molecule has 1 aliphatic rings. The van der Waals surface area contributed by atoms with E-state index in [9.17, 15) is 0 Å². The fourth-order valence-corrected chi connectivity index (χ4v) is 2.39. The van der Waals surface area contributed by atoms with Crippen LogP contribution in [0.15, 0.2) is 24.8 Å². The van der Waals surface area contributed by atoms with E-state index in [1.54, 1.807) is 7.11 Å². The molecule has 1 fully saturated rings. The summed E-state index contributed by atoms with van der Waals surface area (Å²) < 4.78 is 7.11. The van der Waals surface area contributed by atoms with Gasteiger partial charge in [0, 0.05) is 57.1 Å². The highest BCUT2D eigenvalue weighted by Crippen LogP contribution is 2.29. The van der Waals surface area contributed by atoms with Gasteiger partial charge in [0.2, 0.25) is 0 Å². The molecule has 0 aliphatic heterocycles. The van der Waals surface area contributed by atoms with Crippen LogP contribution in [-0.2, 0) is 31.5 Å². The normalized spacial score (nSPS) is 14.8. The van der Waals surface area contributed by atoms with Crippen molar-refractivity contribution in [2.75, 3.05) is 7.11 Å². The molecule has 0 bridgehead atoms. The average Bonchev–Trinajstić information content (AvgIpc) is 3.25. The van der Waals surface area contributed by atoms with Gasteiger partial charge in [-0.3, -0.25) is 4.90 Å². The third-order valence-electron chi connectivity index (χ3n) is 3.75. The summed E-state index contributed by atoms with van der Waals surface area (Å²) in [5.41, 5.74) is 1.14. The molecule has 0 amide bonds. The van der Waals surface area contributed by atoms with Crippen molar-refractivity contribution < 1.29 is 4.74 Å². The molecule has 2 heterocycles. The second-order valence-corrected chi connectivity index (χ2v) is 5.53. The number of ether oxygens (including phenoxy) is 1. The van der Waals surface area contributed by atoms with E-state index in [0.29, 0.717) is 12.6 Å². The fraction of sp³-hybridized carbons (Fsp3) is 0.533. The Bertz CT molecular complexity index is 576. The summed E-state index contributed by atoms with van der Waals surface area (Å²) in [6.07, 6.45) is 10.2. The standard InChI is InChI=1S/C15H21N5O/c1-19-6-5-16-15(19)10-20(13-3-4-13)9-12-7-17-14(11-21-2)18-8-12/h5-8,13H,3-4,9-11H2,1-2H3. The molecule has 0 aromatic carbocycles. The summed E-state index contributed by atoms with van der Waals surface area (Å²) in [6.45, 7) is 2.19. The molecular weight excluding hydrogens is 266 g/mol. The predicted octanol–water partition coefficient (Wildman–Crippen LogP) is 1.52. The molecule has 3 rings (SSSR count). The Morgan fingerprint density at radius 3 is 2.57 bits per heavy atom. The number of nitrogens with zero attached hydrogens (tertiary/aromatic N) is 5. The van der Waals surface area contributed by atoms with Crippen molar-refractivity contribution in [2.24, 2.45) is 7.05 Å². The fourth-order valence-electron chi connectivity index (χ4n) is 2.39. The van der Waals surface area contributed by atoms with Crippen LogP contribution in [0.1, 0.15) is 30.1 Å². The lowest BCUT2D eigenvalue weighted by Gasteiger charge is -2.21. The quantitative estimate of drug-likeness (QED) is 0.773. The van der Waals surface area contributed by atoms with Crippen molar-refractivity contribution in [2.45, 2.75) is 38.6 Å². The maximum atomic E-state index is 5.03. The van der Waals surface area contributed by atoms with E-state index in [4.69, 9.17) is 4.74 Å². The van der Waals surface area contributed by atoms with E-state index in [0.717, 1.165) is 30.3 Å². The first-order valence-electron chi connectivity index (χ1n) is 7.25. The van der Waals surface area contributed by atoms with Gasteiger partial charge in [-0.05, 0) is 12.8 Å². The van der Waals surface area contributed by atoms with Gasteiger partial charge in [-0.25, -0.2) is 15.0 Å². The van der Waals surface area contributed by atoms with Gasteiger partial charge in [0.1, 0.15) is 12.4 Å². The Kier molecular flexibility index (Phi) is 4.26. The Labute approximate surface area is 124 Å². The Morgan fingerprint density at radius 1 is 1.24 bits per heavy atom. The van der Waals surface area contributed by atoms with Crippen molar-refractivity contribution in [3.05, 3.63) is 42.0 Å². The summed E-state index contributed by atoms with van der Waals surface area (Å²) in [5.74, 6) is 1.82. The molecule has 0 saturated heterocycles. The lowest BCUT2D eigenvalue weighted by atomic mass is 10.3. The molecule has 1 saturated carbocycles. The number of imidazole rings is 1. The Hall–Kier alpha value is -1.79. The number of hydrogen-bond donors (Lipinski definition) is 0. The highest BCUT2D eigenvalue weighted by Gasteiger charge is 2.29. The number of rotatable bonds is 7. The molecule has 0 atom stereocenters. The van der Waals surface area contributed by atoms with Crippen LogP contribution < -0.4 is 0 Å². The van der Waals surface area contributed by atoms with Gasteiger partial charge in [0.05, 0.1) is 6.54 Å². The van der Waals surface area contributed by atoms with E-state index in [1.165, 1.54) is 12.8 Å². The van der Waals surface area contributed by atoms with Crippen molar-refractivity contribution in [3.63, 3.8) is 0 Å². The van der Waals surface area contributed by atoms with Crippen LogP contribution in [0.3, 0.4) is 0 Å². The maximum Gasteiger partial charge on any atom is 0.153 e. The molecular formula is C15H21N5O. The van der Waals surface area contributed by atoms with E-state index < -0.39 is 0 Å². The smallest absolute Gasteiger partial charge is 0.153 e. The summed E-state index contributed by atoms with van der Waals surface area (Å²) in [7, 11) is 3.69. The Morgan fingerprint density at radius 2 is 2.00 bits per heavy atom. The third-order valence-corrected chi connectivity index (χ3v) is 3.75. The SMILES string of the molecule is COCc1ncc(CN(Cc2nccn2C)C2CC2)cn1. The first-order chi connectivity index (χ1) is 10.3. The minimum Gasteiger partial charge on any atom is -0.377 e. The van der Waals surface area contributed by atoms with Gasteiger partial charge in [-0.2, -0.15) is 0 Å². The van der Waals surface area contributed by atoms with Crippen molar-refractivity contribution in [1.82, 2.24) is 24.4 Å². The lowest BCUT2D eigenvalue weighted by molar-refractivity contribution is 0.177. The van der Waals surface area contributed by atoms with Crippen molar-refractivity contribution in [3.8, 4) is 0 Å². The highest BCUT2D eigenvalue weighted by atomic mass is 16.5. The van der Waals surface area contributed by atoms with Crippen molar-refractivity contribution >= 4 is 0 Å². The number of methoxy groups -OCH3 is 1. The molecule has 0 spiro atoms. The number of hydrogen-bond acceptors (Lipinski definition) is 5. The summed E-state index contributed by atoms with van der Waals surface area (Å²) >= 11 is 0. The van der Waals surface area contributed by atoms with E-state index in [-0.39, 0.29) is 0 Å². The second-order valence-electron chi connectivity index (χ2n) is 5.53. The minimum absolute atomic E-state index is 0.458. The molecule has 112 valence electrons. The van der Waals surface area contributed by atoms with Crippen molar-refractivity contribution in [1.29, 1.82) is 0 Å². The highest BCUT2D eigenvalue weighted by molar-refractivity contribution is 5.07. The van der Waals surface area contributed by atoms with Crippen LogP contribution in [-0.4, -0.2) is 37.6 Å². The second kappa shape index (κ2) is 6.32. The zero-order valence-corrected chi connectivity index (χ0v) is 12.6. The topological polar surface area (TPSA) is 56.1 Å². The van der Waals surface area contributed by atoms with E-state index in [2.05, 4.69) is 24.4 Å². The van der Waals surface area contributed by atoms with Crippen LogP contribution in [0.2, 0.25) is 0 Å². The largest absolute Gasteiger partial charge is 0.377 e. The minimum atomic E-state index is 0.458. The van der Waals surface area contributed by atoms with Crippen LogP contribution in [0.4, 0.5) is 0 Å². The Balaban J connectivity index is 1.66. The third kappa shape index (κ3) is 3.65. The molecule has 6 heteroatoms. The van der Waals surface area contributed by atoms with Gasteiger partial charge in [-0.1, -0.05) is 0 Å². The van der Waals surface area contributed by atoms with E-state index >= 15 is 0 Å². The maximum absolute atomic E-state index is 5.03. The average molecular weight is 287 g/mol. The molecule has 2 aromatic rings. The zero-order valence-electron chi connectivity index (χ0n) is 12.6. The van der Waals surface area contributed by atoms with E-state index in [1.807, 2.05) is 31.8 Å². The number of aromatic nitrogens is 4. The zero-order chi connectivity index (χ0) is 14.7. The van der Waals surface area contributed by atoms with Crippen LogP contribution in [0.5, 0.6) is 0 Å². The molecule has 0 radical (unpaired) electrons. The molecule has 6 nitrogen and oxygen atoms in total. The summed E-state index contributed by atoms with van der Waals surface area (Å²) in [6, 6.07) is 0.667. The van der Waals surface area contributed by atoms with Gasteiger partial charge in [0.25, 0.3) is 0 Å². The van der Waals surface area contributed by atoms with Crippen LogP contribution in [0, 0.1) is 0 Å². The first kappa shape index (κ1) is 14.2. The van der Waals surface area contributed by atoms with Gasteiger partial charge in [-0.15, -0.1) is 0 Å². The predicted molar refractivity (Wildman–Crippen MR) is 78.2 cm³/mol. The summed E-state index contributed by atoms with van der Waals surface area (Å²) in [4.78, 5) is 15.5.